The summed E-state index contributed by atoms with van der Waals surface area (Å²) in [4.78, 5) is 11.5. The fraction of sp³-hybridized carbons (Fsp3) is 0.500. The van der Waals surface area contributed by atoms with Crippen LogP contribution < -0.4 is 4.74 Å². The number of carbonyl (C=O) groups excluding carboxylic acids is 1. The van der Waals surface area contributed by atoms with Crippen LogP contribution in [-0.4, -0.2) is 32.9 Å². The van der Waals surface area contributed by atoms with E-state index < -0.39 is 11.2 Å². The fourth-order valence-electron chi connectivity index (χ4n) is 2.17. The molecule has 0 spiro atoms. The summed E-state index contributed by atoms with van der Waals surface area (Å²) in [5, 5.41) is 0. The first-order valence-corrected chi connectivity index (χ1v) is 6.18. The third-order valence-corrected chi connectivity index (χ3v) is 3.31. The van der Waals surface area contributed by atoms with Crippen LogP contribution in [0, 0.1) is 5.82 Å². The van der Waals surface area contributed by atoms with Gasteiger partial charge in [0.1, 0.15) is 0 Å². The van der Waals surface area contributed by atoms with Crippen molar-refractivity contribution in [2.75, 3.05) is 26.9 Å². The van der Waals surface area contributed by atoms with Crippen LogP contribution in [-0.2, 0) is 19.7 Å². The number of halogens is 1. The van der Waals surface area contributed by atoms with Gasteiger partial charge in [-0.05, 0) is 24.6 Å². The lowest BCUT2D eigenvalue weighted by atomic mass is 9.76. The summed E-state index contributed by atoms with van der Waals surface area (Å²) in [6.07, 6.45) is 0.191. The van der Waals surface area contributed by atoms with Crippen LogP contribution in [0.2, 0.25) is 0 Å². The van der Waals surface area contributed by atoms with Crippen LogP contribution in [0.4, 0.5) is 4.39 Å². The molecule has 1 aliphatic rings. The number of rotatable bonds is 5. The van der Waals surface area contributed by atoms with Crippen LogP contribution in [0.3, 0.4) is 0 Å². The second kappa shape index (κ2) is 5.57. The van der Waals surface area contributed by atoms with Crippen LogP contribution in [0.25, 0.3) is 0 Å². The van der Waals surface area contributed by atoms with E-state index in [1.165, 1.54) is 13.2 Å². The number of hydrogen-bond acceptors (Lipinski definition) is 4. The Morgan fingerprint density at radius 3 is 2.68 bits per heavy atom. The molecule has 4 nitrogen and oxygen atoms in total. The quantitative estimate of drug-likeness (QED) is 0.767. The monoisotopic (exact) mass is 268 g/mol. The highest BCUT2D eigenvalue weighted by Crippen LogP contribution is 2.37. The Labute approximate surface area is 111 Å². The van der Waals surface area contributed by atoms with Crippen molar-refractivity contribution in [3.8, 4) is 5.75 Å². The third kappa shape index (κ3) is 2.71. The van der Waals surface area contributed by atoms with E-state index in [2.05, 4.69) is 4.74 Å². The van der Waals surface area contributed by atoms with E-state index in [1.54, 1.807) is 19.1 Å². The minimum Gasteiger partial charge on any atom is -0.491 e. The predicted molar refractivity (Wildman–Crippen MR) is 66.7 cm³/mol. The average molecular weight is 268 g/mol. The number of benzene rings is 1. The lowest BCUT2D eigenvalue weighted by molar-refractivity contribution is -0.148. The molecule has 0 aromatic heterocycles. The van der Waals surface area contributed by atoms with E-state index in [4.69, 9.17) is 9.47 Å². The van der Waals surface area contributed by atoms with Gasteiger partial charge in [0.2, 0.25) is 0 Å². The molecule has 1 fully saturated rings. The summed E-state index contributed by atoms with van der Waals surface area (Å²) in [7, 11) is 1.34. The van der Waals surface area contributed by atoms with Crippen molar-refractivity contribution < 1.29 is 23.4 Å². The van der Waals surface area contributed by atoms with Crippen molar-refractivity contribution in [1.29, 1.82) is 0 Å². The van der Waals surface area contributed by atoms with Gasteiger partial charge in [-0.2, -0.15) is 0 Å². The molecule has 0 bridgehead atoms. The maximum absolute atomic E-state index is 13.9. The standard InChI is InChI=1S/C14H17FO4/c1-3-19-12-5-4-10(6-11(12)15)14(8-18-9-14)7-13(16)17-2/h4-6H,3,7-9H2,1-2H3. The molecule has 1 saturated heterocycles. The first kappa shape index (κ1) is 13.8. The van der Waals surface area contributed by atoms with Gasteiger partial charge in [-0.3, -0.25) is 4.79 Å². The minimum absolute atomic E-state index is 0.191. The zero-order chi connectivity index (χ0) is 13.9. The van der Waals surface area contributed by atoms with E-state index in [1.807, 2.05) is 0 Å². The predicted octanol–water partition coefficient (Wildman–Crippen LogP) is 2.06. The van der Waals surface area contributed by atoms with Gasteiger partial charge in [-0.1, -0.05) is 6.07 Å². The first-order chi connectivity index (χ1) is 9.11. The molecule has 2 rings (SSSR count). The molecule has 0 saturated carbocycles. The van der Waals surface area contributed by atoms with Crippen LogP contribution >= 0.6 is 0 Å². The second-order valence-electron chi connectivity index (χ2n) is 4.60. The van der Waals surface area contributed by atoms with Crippen molar-refractivity contribution in [3.63, 3.8) is 0 Å². The Morgan fingerprint density at radius 1 is 1.47 bits per heavy atom. The number of ether oxygens (including phenoxy) is 3. The Bertz CT molecular complexity index is 469. The lowest BCUT2D eigenvalue weighted by Crippen LogP contribution is -2.48. The highest BCUT2D eigenvalue weighted by atomic mass is 19.1. The summed E-state index contributed by atoms with van der Waals surface area (Å²) >= 11 is 0. The zero-order valence-electron chi connectivity index (χ0n) is 11.1. The lowest BCUT2D eigenvalue weighted by Gasteiger charge is -2.41. The normalized spacial score (nSPS) is 16.6. The van der Waals surface area contributed by atoms with Crippen molar-refractivity contribution in [3.05, 3.63) is 29.6 Å². The molecular weight excluding hydrogens is 251 g/mol. The maximum atomic E-state index is 13.9. The van der Waals surface area contributed by atoms with Gasteiger partial charge in [0, 0.05) is 0 Å². The van der Waals surface area contributed by atoms with Crippen molar-refractivity contribution in [2.24, 2.45) is 0 Å². The SMILES string of the molecule is CCOc1ccc(C2(CC(=O)OC)COC2)cc1F. The molecule has 1 heterocycles. The number of methoxy groups -OCH3 is 1. The topological polar surface area (TPSA) is 44.8 Å². The van der Waals surface area contributed by atoms with E-state index in [0.29, 0.717) is 19.8 Å². The summed E-state index contributed by atoms with van der Waals surface area (Å²) < 4.78 is 28.9. The smallest absolute Gasteiger partial charge is 0.306 e. The maximum Gasteiger partial charge on any atom is 0.306 e. The molecular formula is C14H17FO4. The van der Waals surface area contributed by atoms with E-state index in [-0.39, 0.29) is 18.1 Å². The zero-order valence-corrected chi connectivity index (χ0v) is 11.1. The molecule has 0 N–H and O–H groups in total. The Morgan fingerprint density at radius 2 is 2.21 bits per heavy atom. The van der Waals surface area contributed by atoms with Crippen molar-refractivity contribution in [2.45, 2.75) is 18.8 Å². The molecule has 0 unspecified atom stereocenters. The minimum atomic E-state index is -0.474. The van der Waals surface area contributed by atoms with Crippen LogP contribution in [0.1, 0.15) is 18.9 Å². The van der Waals surface area contributed by atoms with Gasteiger partial charge < -0.3 is 14.2 Å². The Hall–Kier alpha value is -1.62. The van der Waals surface area contributed by atoms with Gasteiger partial charge in [0.15, 0.2) is 11.6 Å². The fourth-order valence-corrected chi connectivity index (χ4v) is 2.17. The summed E-state index contributed by atoms with van der Waals surface area (Å²) in [5.41, 5.74) is 0.267. The van der Waals surface area contributed by atoms with E-state index in [9.17, 15) is 9.18 Å². The summed E-state index contributed by atoms with van der Waals surface area (Å²) in [6, 6.07) is 4.78. The van der Waals surface area contributed by atoms with Crippen molar-refractivity contribution in [1.82, 2.24) is 0 Å². The largest absolute Gasteiger partial charge is 0.491 e. The van der Waals surface area contributed by atoms with Crippen LogP contribution in [0.15, 0.2) is 18.2 Å². The highest BCUT2D eigenvalue weighted by molar-refractivity contribution is 5.71. The highest BCUT2D eigenvalue weighted by Gasteiger charge is 2.43. The summed E-state index contributed by atoms with van der Waals surface area (Å²) in [6.45, 7) is 3.00. The molecule has 1 aliphatic heterocycles. The molecule has 1 aromatic rings. The number of hydrogen-bond donors (Lipinski definition) is 0. The number of carbonyl (C=O) groups is 1. The molecule has 19 heavy (non-hydrogen) atoms. The molecule has 1 aromatic carbocycles. The van der Waals surface area contributed by atoms with Gasteiger partial charge in [-0.25, -0.2) is 4.39 Å². The van der Waals surface area contributed by atoms with Gasteiger partial charge in [-0.15, -0.1) is 0 Å². The van der Waals surface area contributed by atoms with Crippen molar-refractivity contribution >= 4 is 5.97 Å². The summed E-state index contributed by atoms with van der Waals surface area (Å²) in [5.74, 6) is -0.521. The molecule has 104 valence electrons. The van der Waals surface area contributed by atoms with E-state index in [0.717, 1.165) is 5.56 Å². The molecule has 0 amide bonds. The van der Waals surface area contributed by atoms with Gasteiger partial charge in [0.25, 0.3) is 0 Å². The first-order valence-electron chi connectivity index (χ1n) is 6.18. The Balaban J connectivity index is 2.24. The number of esters is 1. The second-order valence-corrected chi connectivity index (χ2v) is 4.60. The molecule has 0 radical (unpaired) electrons. The third-order valence-electron chi connectivity index (χ3n) is 3.31. The van der Waals surface area contributed by atoms with Gasteiger partial charge in [0.05, 0.1) is 38.8 Å². The van der Waals surface area contributed by atoms with E-state index >= 15 is 0 Å². The van der Waals surface area contributed by atoms with Gasteiger partial charge >= 0.3 is 5.97 Å². The van der Waals surface area contributed by atoms with Crippen LogP contribution in [0.5, 0.6) is 5.75 Å². The molecule has 0 aliphatic carbocycles. The Kier molecular flexibility index (Phi) is 4.04. The molecule has 0 atom stereocenters. The molecule has 5 heteroatoms. The average Bonchev–Trinajstić information content (AvgIpc) is 2.36.